The molecule has 490 valence electrons. The highest BCUT2D eigenvalue weighted by Crippen LogP contribution is 2.22. The second-order valence-corrected chi connectivity index (χ2v) is 27.1. The Bertz CT molecular complexity index is 509. The number of rotatable bonds is 0. The van der Waals surface area contributed by atoms with Gasteiger partial charge in [0.05, 0.1) is 0 Å². The molecule has 0 spiro atoms. The van der Waals surface area contributed by atoms with Crippen molar-refractivity contribution in [1.82, 2.24) is 0 Å². The first-order valence-corrected chi connectivity index (χ1v) is 39.5. The maximum atomic E-state index is 7.57. The lowest BCUT2D eigenvalue weighted by Crippen LogP contribution is -1.81. The van der Waals surface area contributed by atoms with Crippen LogP contribution in [0.1, 0.15) is 495 Å². The number of hydrogen-bond acceptors (Lipinski definition) is 2. The van der Waals surface area contributed by atoms with Gasteiger partial charge >= 0.3 is 0 Å². The number of aliphatic hydroxyl groups excluding tert-OH is 2. The van der Waals surface area contributed by atoms with Gasteiger partial charge in [0, 0.05) is 13.2 Å². The van der Waals surface area contributed by atoms with Gasteiger partial charge < -0.3 is 10.2 Å². The Labute approximate surface area is 516 Å². The van der Waals surface area contributed by atoms with Crippen LogP contribution in [-0.4, -0.2) is 23.4 Å². The van der Waals surface area contributed by atoms with Crippen molar-refractivity contribution in [3.63, 3.8) is 0 Å². The lowest BCUT2D eigenvalue weighted by Gasteiger charge is -2.01. The Hall–Kier alpha value is -0.0800. The molecule has 5 saturated carbocycles. The zero-order valence-electron chi connectivity index (χ0n) is 57.3. The van der Waals surface area contributed by atoms with Crippen LogP contribution in [0.2, 0.25) is 0 Å². The van der Waals surface area contributed by atoms with Crippen LogP contribution in [0.4, 0.5) is 0 Å². The molecule has 0 saturated heterocycles. The third-order valence-electron chi connectivity index (χ3n) is 18.7. The van der Waals surface area contributed by atoms with E-state index in [0.29, 0.717) is 0 Å². The van der Waals surface area contributed by atoms with Crippen molar-refractivity contribution < 1.29 is 10.2 Å². The summed E-state index contributed by atoms with van der Waals surface area (Å²) in [5.74, 6) is 0. The van der Waals surface area contributed by atoms with E-state index in [1.165, 1.54) is 482 Å². The van der Waals surface area contributed by atoms with E-state index in [1.54, 1.807) is 13.8 Å². The molecule has 81 heavy (non-hydrogen) atoms. The van der Waals surface area contributed by atoms with Gasteiger partial charge in [-0.3, -0.25) is 0 Å². The van der Waals surface area contributed by atoms with E-state index in [4.69, 9.17) is 10.2 Å². The summed E-state index contributed by atoms with van der Waals surface area (Å²) < 4.78 is 0. The molecule has 2 N–H and O–H groups in total. The fourth-order valence-corrected chi connectivity index (χ4v) is 13.3. The van der Waals surface area contributed by atoms with Crippen LogP contribution in [0, 0.1) is 0 Å². The second-order valence-electron chi connectivity index (χ2n) is 27.1. The molecule has 0 heterocycles. The molecule has 0 aromatic rings. The monoisotopic (exact) mass is 1140 g/mol. The van der Waals surface area contributed by atoms with Gasteiger partial charge in [-0.15, -0.1) is 0 Å². The molecule has 2 heteroatoms. The van der Waals surface area contributed by atoms with Crippen molar-refractivity contribution in [2.45, 2.75) is 495 Å². The van der Waals surface area contributed by atoms with Crippen LogP contribution < -0.4 is 0 Å². The molecule has 2 nitrogen and oxygen atoms in total. The molecule has 0 amide bonds. The molecule has 5 fully saturated rings. The van der Waals surface area contributed by atoms with Crippen LogP contribution in [-0.2, 0) is 0 Å². The molecule has 5 aliphatic carbocycles. The van der Waals surface area contributed by atoms with Crippen molar-refractivity contribution in [3.8, 4) is 0 Å². The van der Waals surface area contributed by atoms with Crippen LogP contribution in [0.3, 0.4) is 0 Å². The van der Waals surface area contributed by atoms with Crippen LogP contribution in [0.25, 0.3) is 0 Å². The summed E-state index contributed by atoms with van der Waals surface area (Å²) in [7, 11) is 0. The van der Waals surface area contributed by atoms with Crippen molar-refractivity contribution >= 4 is 0 Å². The summed E-state index contributed by atoms with van der Waals surface area (Å²) in [5.41, 5.74) is 0. The predicted octanol–water partition coefficient (Wildman–Crippen LogP) is 29.3. The first-order chi connectivity index (χ1) is 40.3. The van der Waals surface area contributed by atoms with Gasteiger partial charge in [0.1, 0.15) is 0 Å². The second kappa shape index (κ2) is 84.1. The lowest BCUT2D eigenvalue weighted by molar-refractivity contribution is 0.318. The molecule has 0 radical (unpaired) electrons. The van der Waals surface area contributed by atoms with Gasteiger partial charge in [-0.1, -0.05) is 482 Å². The van der Waals surface area contributed by atoms with Crippen LogP contribution >= 0.6 is 0 Å². The Balaban J connectivity index is 0. The third-order valence-corrected chi connectivity index (χ3v) is 18.7. The summed E-state index contributed by atoms with van der Waals surface area (Å²) in [6, 6.07) is 0. The van der Waals surface area contributed by atoms with E-state index in [9.17, 15) is 0 Å². The first-order valence-electron chi connectivity index (χ1n) is 39.5. The molecule has 5 aliphatic rings. The Morgan fingerprint density at radius 3 is 0.123 bits per heavy atom. The minimum Gasteiger partial charge on any atom is -0.397 e. The molecule has 0 aliphatic heterocycles. The minimum absolute atomic E-state index is 0.250. The fraction of sp³-hybridized carbons (Fsp3) is 1.00. The highest BCUT2D eigenvalue weighted by Gasteiger charge is 2.02. The van der Waals surface area contributed by atoms with Crippen molar-refractivity contribution in [3.05, 3.63) is 0 Å². The molecular formula is C79H162O2. The molecule has 0 atom stereocenters. The van der Waals surface area contributed by atoms with E-state index in [0.717, 1.165) is 0 Å². The third kappa shape index (κ3) is 86.4. The topological polar surface area (TPSA) is 40.5 Å². The molecule has 5 rings (SSSR count). The molecule has 0 bridgehead atoms. The minimum atomic E-state index is 0.250. The number of hydrogen-bond donors (Lipinski definition) is 2. The van der Waals surface area contributed by atoms with Crippen molar-refractivity contribution in [2.75, 3.05) is 13.2 Å². The van der Waals surface area contributed by atoms with Crippen molar-refractivity contribution in [1.29, 1.82) is 0 Å². The maximum Gasteiger partial charge on any atom is 0.0402 e. The lowest BCUT2D eigenvalue weighted by atomic mass is 10.1. The standard InChI is InChI=1S/5C15H30.2C2H6O/c5*1-2-4-6-8-10-12-14-15-13-11-9-7-5-3-1;2*1-2-3/h5*1-15H2;2*3H,2H2,1H3. The molecule has 0 aromatic heterocycles. The normalized spacial score (nSPS) is 22.7. The van der Waals surface area contributed by atoms with E-state index in [-0.39, 0.29) is 13.2 Å². The van der Waals surface area contributed by atoms with Crippen LogP contribution in [0.15, 0.2) is 0 Å². The van der Waals surface area contributed by atoms with Gasteiger partial charge in [0.15, 0.2) is 0 Å². The predicted molar refractivity (Wildman–Crippen MR) is 372 cm³/mol. The van der Waals surface area contributed by atoms with Gasteiger partial charge in [-0.25, -0.2) is 0 Å². The summed E-state index contributed by atoms with van der Waals surface area (Å²) in [6.07, 6.45) is 112. The quantitative estimate of drug-likeness (QED) is 0.254. The Morgan fingerprint density at radius 2 is 0.111 bits per heavy atom. The molecule has 0 unspecified atom stereocenters. The average Bonchev–Trinajstić information content (AvgIpc) is 3.53. The van der Waals surface area contributed by atoms with Gasteiger partial charge in [-0.05, 0) is 13.8 Å². The SMILES string of the molecule is C1CCCCCCCCCCCCCC1.C1CCCCCCCCCCCCCC1.C1CCCCCCCCCCCCCC1.C1CCCCCCCCCCCCCC1.C1CCCCCCCCCCCCCC1.CCO.CCO. The zero-order valence-corrected chi connectivity index (χ0v) is 57.3. The fourth-order valence-electron chi connectivity index (χ4n) is 13.3. The summed E-state index contributed by atoms with van der Waals surface area (Å²) in [5, 5.41) is 15.1. The van der Waals surface area contributed by atoms with Crippen LogP contribution in [0.5, 0.6) is 0 Å². The summed E-state index contributed by atoms with van der Waals surface area (Å²) in [6.45, 7) is 3.86. The highest BCUT2D eigenvalue weighted by molar-refractivity contribution is 4.58. The number of aliphatic hydroxyl groups is 2. The average molecular weight is 1140 g/mol. The van der Waals surface area contributed by atoms with E-state index >= 15 is 0 Å². The van der Waals surface area contributed by atoms with E-state index in [1.807, 2.05) is 0 Å². The Morgan fingerprint density at radius 1 is 0.0988 bits per heavy atom. The van der Waals surface area contributed by atoms with E-state index in [2.05, 4.69) is 0 Å². The van der Waals surface area contributed by atoms with Gasteiger partial charge in [0.25, 0.3) is 0 Å². The maximum absolute atomic E-state index is 7.57. The van der Waals surface area contributed by atoms with Gasteiger partial charge in [0.2, 0.25) is 0 Å². The van der Waals surface area contributed by atoms with Crippen molar-refractivity contribution in [2.24, 2.45) is 0 Å². The zero-order chi connectivity index (χ0) is 58.4. The summed E-state index contributed by atoms with van der Waals surface area (Å²) >= 11 is 0. The largest absolute Gasteiger partial charge is 0.397 e. The first kappa shape index (κ1) is 83.0. The Kier molecular flexibility index (Phi) is 86.2. The molecular weight excluding hydrogens is 981 g/mol. The van der Waals surface area contributed by atoms with E-state index < -0.39 is 0 Å². The van der Waals surface area contributed by atoms with Gasteiger partial charge in [-0.2, -0.15) is 0 Å². The highest BCUT2D eigenvalue weighted by atomic mass is 16.3. The summed E-state index contributed by atoms with van der Waals surface area (Å²) in [4.78, 5) is 0. The smallest absolute Gasteiger partial charge is 0.0402 e. The molecule has 0 aromatic carbocycles.